The first-order valence-electron chi connectivity index (χ1n) is 5.00. The average molecular weight is 253 g/mol. The van der Waals surface area contributed by atoms with Gasteiger partial charge in [0.15, 0.2) is 11.2 Å². The Bertz CT molecular complexity index is 617. The number of aromatic amines is 1. The molecule has 2 aromatic rings. The maximum absolute atomic E-state index is 12.1. The molecular weight excluding hydrogens is 242 g/mol. The molecule has 0 aliphatic carbocycles. The van der Waals surface area contributed by atoms with Crippen molar-refractivity contribution in [3.8, 4) is 0 Å². The molecule has 0 unspecified atom stereocenters. The molecule has 2 heterocycles. The van der Waals surface area contributed by atoms with E-state index >= 15 is 0 Å². The molecule has 1 N–H and O–H groups in total. The van der Waals surface area contributed by atoms with Gasteiger partial charge in [0.25, 0.3) is 5.56 Å². The van der Waals surface area contributed by atoms with E-state index < -0.39 is 11.5 Å². The Morgan fingerprint density at radius 2 is 2.41 bits per heavy atom. The van der Waals surface area contributed by atoms with Crippen LogP contribution >= 0.6 is 11.8 Å². The Balaban J connectivity index is 2.70. The Morgan fingerprint density at radius 3 is 3.06 bits per heavy atom. The lowest BCUT2D eigenvalue weighted by atomic mass is 10.3. The highest BCUT2D eigenvalue weighted by Gasteiger charge is 2.20. The molecule has 0 amide bonds. The van der Waals surface area contributed by atoms with Gasteiger partial charge in [-0.25, -0.2) is 14.3 Å². The second-order valence-corrected chi connectivity index (χ2v) is 3.97. The van der Waals surface area contributed by atoms with Crippen LogP contribution in [0.5, 0.6) is 0 Å². The minimum atomic E-state index is -0.640. The minimum absolute atomic E-state index is 0.0284. The van der Waals surface area contributed by atoms with Crippen LogP contribution < -0.4 is 5.56 Å². The fraction of sp³-hybridized carbons (Fsp3) is 0.300. The number of aromatic nitrogens is 3. The van der Waals surface area contributed by atoms with Crippen LogP contribution in [-0.2, 0) is 4.74 Å². The summed E-state index contributed by atoms with van der Waals surface area (Å²) in [5.74, 6) is -0.640. The molecule has 0 bridgehead atoms. The van der Waals surface area contributed by atoms with Crippen LogP contribution in [0.1, 0.15) is 17.3 Å². The zero-order valence-electron chi connectivity index (χ0n) is 9.39. The number of carbonyl (C=O) groups excluding carboxylic acids is 1. The Kier molecular flexibility index (Phi) is 3.19. The predicted molar refractivity (Wildman–Crippen MR) is 63.6 cm³/mol. The number of thioether (sulfide) groups is 1. The van der Waals surface area contributed by atoms with E-state index in [0.29, 0.717) is 10.7 Å². The lowest BCUT2D eigenvalue weighted by molar-refractivity contribution is 0.0518. The number of nitrogens with one attached hydrogen (secondary N) is 1. The molecule has 0 fully saturated rings. The Labute approximate surface area is 101 Å². The van der Waals surface area contributed by atoms with Crippen molar-refractivity contribution in [1.82, 2.24) is 14.6 Å². The molecule has 0 aliphatic heterocycles. The molecule has 0 aliphatic rings. The van der Waals surface area contributed by atoms with E-state index in [0.717, 1.165) is 0 Å². The fourth-order valence-corrected chi connectivity index (χ4v) is 2.03. The number of carbonyl (C=O) groups is 1. The molecule has 2 aromatic heterocycles. The topological polar surface area (TPSA) is 76.5 Å². The molecule has 0 atom stereocenters. The lowest BCUT2D eigenvalue weighted by Crippen LogP contribution is -2.26. The zero-order chi connectivity index (χ0) is 12.4. The summed E-state index contributed by atoms with van der Waals surface area (Å²) in [6.07, 6.45) is 3.34. The van der Waals surface area contributed by atoms with Crippen molar-refractivity contribution in [2.45, 2.75) is 11.9 Å². The van der Waals surface area contributed by atoms with Gasteiger partial charge in [0.05, 0.1) is 6.61 Å². The second kappa shape index (κ2) is 4.62. The van der Waals surface area contributed by atoms with Crippen molar-refractivity contribution in [2.24, 2.45) is 0 Å². The monoisotopic (exact) mass is 253 g/mol. The number of ether oxygens (including phenoxy) is 1. The SMILES string of the molecule is CCOC(=O)c1c(SC)nc2cc[nH]n2c1=O. The highest BCUT2D eigenvalue weighted by molar-refractivity contribution is 7.98. The van der Waals surface area contributed by atoms with E-state index in [1.807, 2.05) is 0 Å². The summed E-state index contributed by atoms with van der Waals surface area (Å²) in [7, 11) is 0. The minimum Gasteiger partial charge on any atom is -0.462 e. The highest BCUT2D eigenvalue weighted by Crippen LogP contribution is 2.16. The van der Waals surface area contributed by atoms with Gasteiger partial charge in [0.2, 0.25) is 0 Å². The summed E-state index contributed by atoms with van der Waals surface area (Å²) >= 11 is 1.24. The maximum atomic E-state index is 12.1. The van der Waals surface area contributed by atoms with Crippen molar-refractivity contribution >= 4 is 23.4 Å². The Hall–Kier alpha value is -1.76. The highest BCUT2D eigenvalue weighted by atomic mass is 32.2. The quantitative estimate of drug-likeness (QED) is 0.500. The van der Waals surface area contributed by atoms with E-state index in [1.165, 1.54) is 16.3 Å². The van der Waals surface area contributed by atoms with E-state index in [1.54, 1.807) is 25.4 Å². The molecule has 0 aromatic carbocycles. The summed E-state index contributed by atoms with van der Waals surface area (Å²) in [5, 5.41) is 3.08. The van der Waals surface area contributed by atoms with Crippen LogP contribution in [0, 0.1) is 0 Å². The molecular formula is C10H11N3O3S. The lowest BCUT2D eigenvalue weighted by Gasteiger charge is -2.05. The van der Waals surface area contributed by atoms with Crippen LogP contribution in [0.15, 0.2) is 22.1 Å². The first-order chi connectivity index (χ1) is 8.19. The number of esters is 1. The number of nitrogens with zero attached hydrogens (tertiary/aromatic N) is 2. The molecule has 6 nitrogen and oxygen atoms in total. The van der Waals surface area contributed by atoms with Crippen LogP contribution in [0.2, 0.25) is 0 Å². The Morgan fingerprint density at radius 1 is 1.65 bits per heavy atom. The summed E-state index contributed by atoms with van der Waals surface area (Å²) in [5.41, 5.74) is 0.00879. The van der Waals surface area contributed by atoms with Gasteiger partial charge in [0, 0.05) is 12.3 Å². The zero-order valence-corrected chi connectivity index (χ0v) is 10.2. The van der Waals surface area contributed by atoms with Crippen LogP contribution in [-0.4, -0.2) is 33.4 Å². The normalized spacial score (nSPS) is 10.7. The molecule has 0 saturated carbocycles. The second-order valence-electron chi connectivity index (χ2n) is 3.18. The van der Waals surface area contributed by atoms with Crippen LogP contribution in [0.25, 0.3) is 5.65 Å². The maximum Gasteiger partial charge on any atom is 0.346 e. The number of fused-ring (bicyclic) bond motifs is 1. The summed E-state index contributed by atoms with van der Waals surface area (Å²) in [4.78, 5) is 28.0. The van der Waals surface area contributed by atoms with Crippen LogP contribution in [0.3, 0.4) is 0 Å². The average Bonchev–Trinajstić information content (AvgIpc) is 2.77. The van der Waals surface area contributed by atoms with Crippen molar-refractivity contribution in [1.29, 1.82) is 0 Å². The van der Waals surface area contributed by atoms with Crippen molar-refractivity contribution < 1.29 is 9.53 Å². The van der Waals surface area contributed by atoms with Gasteiger partial charge < -0.3 is 4.74 Å². The first-order valence-corrected chi connectivity index (χ1v) is 6.22. The van der Waals surface area contributed by atoms with Crippen molar-refractivity contribution in [3.63, 3.8) is 0 Å². The van der Waals surface area contributed by atoms with Gasteiger partial charge in [-0.3, -0.25) is 9.89 Å². The molecule has 0 radical (unpaired) electrons. The molecule has 7 heteroatoms. The molecule has 0 saturated heterocycles. The van der Waals surface area contributed by atoms with Gasteiger partial charge >= 0.3 is 5.97 Å². The summed E-state index contributed by atoms with van der Waals surface area (Å²) in [6.45, 7) is 1.91. The molecule has 2 rings (SSSR count). The number of H-pyrrole nitrogens is 1. The van der Waals surface area contributed by atoms with Gasteiger partial charge in [-0.05, 0) is 13.2 Å². The fourth-order valence-electron chi connectivity index (χ4n) is 1.47. The summed E-state index contributed by atoms with van der Waals surface area (Å²) in [6, 6.07) is 1.66. The number of hydrogen-bond donors (Lipinski definition) is 1. The predicted octanol–water partition coefficient (Wildman–Crippen LogP) is 0.921. The molecule has 0 spiro atoms. The standard InChI is InChI=1S/C10H11N3O3S/c1-3-16-10(15)7-8(17-2)12-6-4-5-11-13(6)9(7)14/h4-5,11H,3H2,1-2H3. The van der Waals surface area contributed by atoms with Gasteiger partial charge in [-0.2, -0.15) is 0 Å². The van der Waals surface area contributed by atoms with Crippen LogP contribution in [0.4, 0.5) is 0 Å². The van der Waals surface area contributed by atoms with E-state index in [9.17, 15) is 9.59 Å². The largest absolute Gasteiger partial charge is 0.462 e. The third kappa shape index (κ3) is 1.93. The van der Waals surface area contributed by atoms with Crippen molar-refractivity contribution in [2.75, 3.05) is 12.9 Å². The number of rotatable bonds is 3. The van der Waals surface area contributed by atoms with Gasteiger partial charge in [-0.15, -0.1) is 11.8 Å². The third-order valence-corrected chi connectivity index (χ3v) is 2.87. The van der Waals surface area contributed by atoms with Gasteiger partial charge in [-0.1, -0.05) is 0 Å². The summed E-state index contributed by atoms with van der Waals surface area (Å²) < 4.78 is 6.07. The van der Waals surface area contributed by atoms with Gasteiger partial charge in [0.1, 0.15) is 5.03 Å². The molecule has 17 heavy (non-hydrogen) atoms. The third-order valence-electron chi connectivity index (χ3n) is 2.18. The smallest absolute Gasteiger partial charge is 0.346 e. The van der Waals surface area contributed by atoms with E-state index in [4.69, 9.17) is 4.74 Å². The van der Waals surface area contributed by atoms with E-state index in [2.05, 4.69) is 10.1 Å². The number of hydrogen-bond acceptors (Lipinski definition) is 5. The first kappa shape index (κ1) is 11.7. The van der Waals surface area contributed by atoms with E-state index in [-0.39, 0.29) is 12.2 Å². The molecule has 90 valence electrons. The van der Waals surface area contributed by atoms with Crippen molar-refractivity contribution in [3.05, 3.63) is 28.2 Å².